The molecule has 1 aliphatic rings. The van der Waals surface area contributed by atoms with E-state index in [0.29, 0.717) is 31.1 Å². The number of benzene rings is 3. The van der Waals surface area contributed by atoms with Crippen molar-refractivity contribution < 1.29 is 9.53 Å². The molecule has 1 amide bonds. The van der Waals surface area contributed by atoms with Gasteiger partial charge in [0.1, 0.15) is 11.8 Å². The minimum atomic E-state index is -0.438. The molecule has 0 spiro atoms. The van der Waals surface area contributed by atoms with Crippen LogP contribution in [0.5, 0.6) is 5.75 Å². The van der Waals surface area contributed by atoms with Crippen LogP contribution in [0.15, 0.2) is 83.7 Å². The summed E-state index contributed by atoms with van der Waals surface area (Å²) in [7, 11) is 0. The zero-order chi connectivity index (χ0) is 24.2. The highest BCUT2D eigenvalue weighted by molar-refractivity contribution is 5.96. The number of imidazole rings is 1. The average Bonchev–Trinajstić information content (AvgIpc) is 3.22. The van der Waals surface area contributed by atoms with Crippen molar-refractivity contribution in [2.75, 3.05) is 25.0 Å². The molecule has 7 nitrogen and oxygen atoms in total. The van der Waals surface area contributed by atoms with Crippen molar-refractivity contribution in [3.63, 3.8) is 0 Å². The van der Waals surface area contributed by atoms with E-state index < -0.39 is 6.04 Å². The summed E-state index contributed by atoms with van der Waals surface area (Å²) in [5.41, 5.74) is 3.33. The normalized spacial score (nSPS) is 15.7. The predicted molar refractivity (Wildman–Crippen MR) is 138 cm³/mol. The van der Waals surface area contributed by atoms with E-state index in [1.807, 2.05) is 90.4 Å². The van der Waals surface area contributed by atoms with E-state index in [2.05, 4.69) is 15.2 Å². The van der Waals surface area contributed by atoms with Crippen molar-refractivity contribution in [2.24, 2.45) is 0 Å². The maximum Gasteiger partial charge on any atom is 0.326 e. The molecule has 1 fully saturated rings. The molecular formula is C28H30N4O3. The summed E-state index contributed by atoms with van der Waals surface area (Å²) in [6.45, 7) is 3.86. The molecule has 0 radical (unpaired) electrons. The minimum absolute atomic E-state index is 0.0745. The zero-order valence-corrected chi connectivity index (χ0v) is 19.8. The predicted octanol–water partition coefficient (Wildman–Crippen LogP) is 4.75. The Morgan fingerprint density at radius 1 is 1.00 bits per heavy atom. The number of para-hydroxylation sites is 4. The molecular weight excluding hydrogens is 440 g/mol. The SMILES string of the molecule is CCOc1ccccc1NC(=O)[C@@H](c1ccccc1)N1CCC(n2c(=O)[nH]c3ccccc32)CC1. The van der Waals surface area contributed by atoms with E-state index in [4.69, 9.17) is 4.74 Å². The van der Waals surface area contributed by atoms with E-state index >= 15 is 0 Å². The zero-order valence-electron chi connectivity index (χ0n) is 19.8. The lowest BCUT2D eigenvalue weighted by Crippen LogP contribution is -2.43. The maximum atomic E-state index is 13.6. The number of ether oxygens (including phenoxy) is 1. The van der Waals surface area contributed by atoms with Crippen LogP contribution < -0.4 is 15.7 Å². The molecule has 0 bridgehead atoms. The van der Waals surface area contributed by atoms with E-state index in [1.54, 1.807) is 0 Å². The number of fused-ring (bicyclic) bond motifs is 1. The summed E-state index contributed by atoms with van der Waals surface area (Å²) in [5, 5.41) is 3.10. The quantitative estimate of drug-likeness (QED) is 0.409. The molecule has 1 aliphatic heterocycles. The Balaban J connectivity index is 1.38. The standard InChI is InChI=1S/C28H30N4O3/c1-2-35-25-15-9-7-13-23(25)29-27(33)26(20-10-4-3-5-11-20)31-18-16-21(17-19-31)32-24-14-8-6-12-22(24)30-28(32)34/h3-15,21,26H,2,16-19H2,1H3,(H,29,33)(H,30,34)/t26-/m1/s1. The Bertz CT molecular complexity index is 1350. The van der Waals surface area contributed by atoms with Crippen LogP contribution in [0.1, 0.15) is 37.4 Å². The summed E-state index contributed by atoms with van der Waals surface area (Å²) < 4.78 is 7.58. The number of nitrogens with zero attached hydrogens (tertiary/aromatic N) is 2. The highest BCUT2D eigenvalue weighted by Gasteiger charge is 2.32. The largest absolute Gasteiger partial charge is 0.492 e. The van der Waals surface area contributed by atoms with Crippen molar-refractivity contribution in [3.8, 4) is 5.75 Å². The molecule has 3 aromatic carbocycles. The van der Waals surface area contributed by atoms with Crippen LogP contribution in [0, 0.1) is 0 Å². The maximum absolute atomic E-state index is 13.6. The molecule has 180 valence electrons. The molecule has 35 heavy (non-hydrogen) atoms. The van der Waals surface area contributed by atoms with Crippen molar-refractivity contribution >= 4 is 22.6 Å². The third-order valence-corrected chi connectivity index (χ3v) is 6.66. The number of amides is 1. The van der Waals surface area contributed by atoms with Crippen LogP contribution in [-0.2, 0) is 4.79 Å². The van der Waals surface area contributed by atoms with Gasteiger partial charge in [-0.15, -0.1) is 0 Å². The summed E-state index contributed by atoms with van der Waals surface area (Å²) in [6.07, 6.45) is 1.57. The number of anilines is 1. The van der Waals surface area contributed by atoms with Gasteiger partial charge in [-0.2, -0.15) is 0 Å². The Hall–Kier alpha value is -3.84. The second-order valence-electron chi connectivity index (χ2n) is 8.82. The number of nitrogens with one attached hydrogen (secondary N) is 2. The van der Waals surface area contributed by atoms with Crippen LogP contribution >= 0.6 is 0 Å². The number of aromatic nitrogens is 2. The summed E-state index contributed by atoms with van der Waals surface area (Å²) in [4.78, 5) is 31.5. The summed E-state index contributed by atoms with van der Waals surface area (Å²) in [6, 6.07) is 24.8. The van der Waals surface area contributed by atoms with Crippen LogP contribution in [-0.4, -0.2) is 40.1 Å². The Kier molecular flexibility index (Phi) is 6.68. The van der Waals surface area contributed by atoms with E-state index in [0.717, 1.165) is 29.4 Å². The van der Waals surface area contributed by atoms with Gasteiger partial charge in [-0.1, -0.05) is 54.6 Å². The number of piperidine rings is 1. The Labute approximate surface area is 204 Å². The van der Waals surface area contributed by atoms with Crippen LogP contribution in [0.3, 0.4) is 0 Å². The Morgan fingerprint density at radius 2 is 1.69 bits per heavy atom. The monoisotopic (exact) mass is 470 g/mol. The summed E-state index contributed by atoms with van der Waals surface area (Å²) >= 11 is 0. The molecule has 1 aromatic heterocycles. The third kappa shape index (κ3) is 4.72. The van der Waals surface area contributed by atoms with Gasteiger partial charge in [-0.3, -0.25) is 14.3 Å². The van der Waals surface area contributed by atoms with Crippen molar-refractivity contribution in [3.05, 3.63) is 94.9 Å². The highest BCUT2D eigenvalue weighted by Crippen LogP contribution is 2.32. The fourth-order valence-electron chi connectivity index (χ4n) is 5.05. The summed E-state index contributed by atoms with van der Waals surface area (Å²) in [5.74, 6) is 0.568. The molecule has 5 rings (SSSR count). The number of carbonyl (C=O) groups is 1. The van der Waals surface area contributed by atoms with E-state index in [-0.39, 0.29) is 17.6 Å². The molecule has 1 atom stereocenters. The average molecular weight is 471 g/mol. The number of hydrogen-bond donors (Lipinski definition) is 2. The van der Waals surface area contributed by atoms with Gasteiger partial charge < -0.3 is 15.0 Å². The van der Waals surface area contributed by atoms with Gasteiger partial charge in [0.15, 0.2) is 0 Å². The lowest BCUT2D eigenvalue weighted by Gasteiger charge is -2.37. The first-order valence-electron chi connectivity index (χ1n) is 12.2. The van der Waals surface area contributed by atoms with Crippen molar-refractivity contribution in [1.29, 1.82) is 0 Å². The number of hydrogen-bond acceptors (Lipinski definition) is 4. The number of rotatable bonds is 7. The molecule has 1 saturated heterocycles. The van der Waals surface area contributed by atoms with E-state index in [1.165, 1.54) is 0 Å². The smallest absolute Gasteiger partial charge is 0.326 e. The molecule has 7 heteroatoms. The molecule has 2 heterocycles. The van der Waals surface area contributed by atoms with Gasteiger partial charge in [-0.05, 0) is 49.6 Å². The second-order valence-corrected chi connectivity index (χ2v) is 8.82. The van der Waals surface area contributed by atoms with Crippen LogP contribution in [0.4, 0.5) is 5.69 Å². The molecule has 2 N–H and O–H groups in total. The first kappa shape index (κ1) is 22.9. The van der Waals surface area contributed by atoms with Gasteiger partial charge in [0.2, 0.25) is 5.91 Å². The molecule has 0 unspecified atom stereocenters. The first-order chi connectivity index (χ1) is 17.2. The van der Waals surface area contributed by atoms with Gasteiger partial charge in [-0.25, -0.2) is 4.79 Å². The van der Waals surface area contributed by atoms with Gasteiger partial charge >= 0.3 is 5.69 Å². The highest BCUT2D eigenvalue weighted by atomic mass is 16.5. The third-order valence-electron chi connectivity index (χ3n) is 6.66. The number of likely N-dealkylation sites (tertiary alicyclic amines) is 1. The molecule has 4 aromatic rings. The van der Waals surface area contributed by atoms with Crippen LogP contribution in [0.25, 0.3) is 11.0 Å². The lowest BCUT2D eigenvalue weighted by atomic mass is 9.98. The van der Waals surface area contributed by atoms with Crippen molar-refractivity contribution in [1.82, 2.24) is 14.5 Å². The van der Waals surface area contributed by atoms with E-state index in [9.17, 15) is 9.59 Å². The fraction of sp³-hybridized carbons (Fsp3) is 0.286. The minimum Gasteiger partial charge on any atom is -0.492 e. The molecule has 0 saturated carbocycles. The molecule has 0 aliphatic carbocycles. The number of aromatic amines is 1. The first-order valence-corrected chi connectivity index (χ1v) is 12.2. The topological polar surface area (TPSA) is 79.4 Å². The second kappa shape index (κ2) is 10.2. The van der Waals surface area contributed by atoms with Gasteiger partial charge in [0.25, 0.3) is 0 Å². The fourth-order valence-corrected chi connectivity index (χ4v) is 5.05. The Morgan fingerprint density at radius 3 is 2.46 bits per heavy atom. The number of H-pyrrole nitrogens is 1. The number of carbonyl (C=O) groups excluding carboxylic acids is 1. The van der Waals surface area contributed by atoms with Crippen molar-refractivity contribution in [2.45, 2.75) is 31.8 Å². The van der Waals surface area contributed by atoms with Gasteiger partial charge in [0.05, 0.1) is 23.3 Å². The lowest BCUT2D eigenvalue weighted by molar-refractivity contribution is -0.122. The van der Waals surface area contributed by atoms with Crippen LogP contribution in [0.2, 0.25) is 0 Å². The van der Waals surface area contributed by atoms with Gasteiger partial charge in [0, 0.05) is 19.1 Å².